The normalized spacial score (nSPS) is 15.2. The summed E-state index contributed by atoms with van der Waals surface area (Å²) in [5.74, 6) is 1.44. The number of carbonyl (C=O) groups excluding carboxylic acids is 1. The average molecular weight is 221 g/mol. The zero-order chi connectivity index (χ0) is 11.7. The van der Waals surface area contributed by atoms with Crippen molar-refractivity contribution in [3.63, 3.8) is 0 Å². The van der Waals surface area contributed by atoms with Gasteiger partial charge in [-0.2, -0.15) is 0 Å². The second-order valence-corrected chi connectivity index (χ2v) is 4.07. The molecule has 16 heavy (non-hydrogen) atoms. The monoisotopic (exact) mass is 221 g/mol. The van der Waals surface area contributed by atoms with Gasteiger partial charge in [0.15, 0.2) is 17.3 Å². The molecule has 1 aromatic carbocycles. The van der Waals surface area contributed by atoms with Gasteiger partial charge in [-0.1, -0.05) is 0 Å². The molecule has 0 bridgehead atoms. The Morgan fingerprint density at radius 2 is 2.00 bits per heavy atom. The lowest BCUT2D eigenvalue weighted by atomic mass is 10.0. The Hall–Kier alpha value is -1.55. The Morgan fingerprint density at radius 1 is 1.31 bits per heavy atom. The van der Waals surface area contributed by atoms with Crippen LogP contribution < -0.4 is 9.47 Å². The zero-order valence-electron chi connectivity index (χ0n) is 9.69. The minimum Gasteiger partial charge on any atom is -0.454 e. The van der Waals surface area contributed by atoms with Crippen LogP contribution >= 0.6 is 0 Å². The standard InChI is InChI=1S/C12H15NO3/c1-8(13(2)3)12(14)9-4-5-10-11(6-9)16-7-15-10/h4-6,8H,7H2,1-3H3. The van der Waals surface area contributed by atoms with Crippen LogP contribution in [0.3, 0.4) is 0 Å². The molecule has 1 aromatic rings. The second-order valence-electron chi connectivity index (χ2n) is 4.07. The number of rotatable bonds is 3. The average Bonchev–Trinajstić information content (AvgIpc) is 2.73. The van der Waals surface area contributed by atoms with Gasteiger partial charge in [-0.25, -0.2) is 0 Å². The summed E-state index contributed by atoms with van der Waals surface area (Å²) in [5, 5.41) is 0. The van der Waals surface area contributed by atoms with Gasteiger partial charge in [0, 0.05) is 5.56 Å². The van der Waals surface area contributed by atoms with E-state index in [-0.39, 0.29) is 18.6 Å². The van der Waals surface area contributed by atoms with Crippen LogP contribution in [-0.4, -0.2) is 37.6 Å². The molecule has 1 heterocycles. The van der Waals surface area contributed by atoms with Crippen LogP contribution in [-0.2, 0) is 0 Å². The van der Waals surface area contributed by atoms with Crippen molar-refractivity contribution < 1.29 is 14.3 Å². The van der Waals surface area contributed by atoms with Crippen molar-refractivity contribution >= 4 is 5.78 Å². The fourth-order valence-electron chi connectivity index (χ4n) is 1.53. The third-order valence-electron chi connectivity index (χ3n) is 2.81. The molecular weight excluding hydrogens is 206 g/mol. The molecule has 0 saturated carbocycles. The van der Waals surface area contributed by atoms with E-state index in [1.165, 1.54) is 0 Å². The summed E-state index contributed by atoms with van der Waals surface area (Å²) in [6.45, 7) is 2.11. The number of hydrogen-bond donors (Lipinski definition) is 0. The van der Waals surface area contributed by atoms with Gasteiger partial charge in [0.05, 0.1) is 6.04 Å². The Balaban J connectivity index is 2.25. The highest BCUT2D eigenvalue weighted by Crippen LogP contribution is 2.32. The molecule has 0 N–H and O–H groups in total. The van der Waals surface area contributed by atoms with Gasteiger partial charge in [-0.15, -0.1) is 0 Å². The van der Waals surface area contributed by atoms with Crippen LogP contribution in [0.15, 0.2) is 18.2 Å². The molecule has 1 aliphatic heterocycles. The summed E-state index contributed by atoms with van der Waals surface area (Å²) in [6.07, 6.45) is 0. The molecule has 0 aliphatic carbocycles. The topological polar surface area (TPSA) is 38.8 Å². The SMILES string of the molecule is CC(C(=O)c1ccc2c(c1)OCO2)N(C)C. The van der Waals surface area contributed by atoms with Crippen LogP contribution in [0.5, 0.6) is 11.5 Å². The van der Waals surface area contributed by atoms with Crippen molar-refractivity contribution in [1.29, 1.82) is 0 Å². The molecule has 1 unspecified atom stereocenters. The molecule has 0 fully saturated rings. The number of benzene rings is 1. The van der Waals surface area contributed by atoms with Gasteiger partial charge in [0.1, 0.15) is 0 Å². The van der Waals surface area contributed by atoms with E-state index in [4.69, 9.17) is 9.47 Å². The molecule has 0 saturated heterocycles. The molecule has 4 heteroatoms. The van der Waals surface area contributed by atoms with Crippen LogP contribution in [0.2, 0.25) is 0 Å². The number of nitrogens with zero attached hydrogens (tertiary/aromatic N) is 1. The van der Waals surface area contributed by atoms with E-state index < -0.39 is 0 Å². The predicted octanol–water partition coefficient (Wildman–Crippen LogP) is 1.55. The maximum absolute atomic E-state index is 12.0. The molecule has 2 rings (SSSR count). The third kappa shape index (κ3) is 1.88. The summed E-state index contributed by atoms with van der Waals surface area (Å²) < 4.78 is 10.4. The van der Waals surface area contributed by atoms with Crippen LogP contribution in [0.25, 0.3) is 0 Å². The summed E-state index contributed by atoms with van der Waals surface area (Å²) in [5.41, 5.74) is 0.658. The largest absolute Gasteiger partial charge is 0.454 e. The van der Waals surface area contributed by atoms with Crippen molar-refractivity contribution in [1.82, 2.24) is 4.90 Å². The van der Waals surface area contributed by atoms with Gasteiger partial charge in [-0.05, 0) is 39.2 Å². The van der Waals surface area contributed by atoms with E-state index in [9.17, 15) is 4.79 Å². The van der Waals surface area contributed by atoms with Crippen molar-refractivity contribution in [2.45, 2.75) is 13.0 Å². The van der Waals surface area contributed by atoms with Gasteiger partial charge in [0.2, 0.25) is 6.79 Å². The molecule has 1 aliphatic rings. The molecule has 0 radical (unpaired) electrons. The Bertz CT molecular complexity index is 415. The number of Topliss-reactive ketones (excluding diaryl/α,β-unsaturated/α-hetero) is 1. The molecule has 1 atom stereocenters. The van der Waals surface area contributed by atoms with E-state index in [0.29, 0.717) is 17.1 Å². The van der Waals surface area contributed by atoms with E-state index in [1.807, 2.05) is 25.9 Å². The maximum atomic E-state index is 12.0. The fraction of sp³-hybridized carbons (Fsp3) is 0.417. The number of ketones is 1. The van der Waals surface area contributed by atoms with Gasteiger partial charge < -0.3 is 9.47 Å². The lowest BCUT2D eigenvalue weighted by Crippen LogP contribution is -2.32. The first-order chi connectivity index (χ1) is 7.59. The summed E-state index contributed by atoms with van der Waals surface area (Å²) >= 11 is 0. The highest BCUT2D eigenvalue weighted by molar-refractivity contribution is 6.00. The number of hydrogen-bond acceptors (Lipinski definition) is 4. The van der Waals surface area contributed by atoms with Crippen LogP contribution in [0.4, 0.5) is 0 Å². The van der Waals surface area contributed by atoms with Gasteiger partial charge in [0.25, 0.3) is 0 Å². The number of fused-ring (bicyclic) bond motifs is 1. The van der Waals surface area contributed by atoms with Crippen molar-refractivity contribution in [2.75, 3.05) is 20.9 Å². The lowest BCUT2D eigenvalue weighted by Gasteiger charge is -2.18. The second kappa shape index (κ2) is 4.14. The molecule has 0 aromatic heterocycles. The minimum atomic E-state index is -0.139. The minimum absolute atomic E-state index is 0.0864. The van der Waals surface area contributed by atoms with E-state index in [1.54, 1.807) is 18.2 Å². The van der Waals surface area contributed by atoms with E-state index >= 15 is 0 Å². The Morgan fingerprint density at radius 3 is 2.69 bits per heavy atom. The number of ether oxygens (including phenoxy) is 2. The van der Waals surface area contributed by atoms with Crippen molar-refractivity contribution in [2.24, 2.45) is 0 Å². The first-order valence-corrected chi connectivity index (χ1v) is 5.20. The lowest BCUT2D eigenvalue weighted by molar-refractivity contribution is 0.0890. The van der Waals surface area contributed by atoms with Crippen molar-refractivity contribution in [3.8, 4) is 11.5 Å². The van der Waals surface area contributed by atoms with E-state index in [0.717, 1.165) is 0 Å². The smallest absolute Gasteiger partial charge is 0.231 e. The van der Waals surface area contributed by atoms with Crippen LogP contribution in [0.1, 0.15) is 17.3 Å². The third-order valence-corrected chi connectivity index (χ3v) is 2.81. The zero-order valence-corrected chi connectivity index (χ0v) is 9.69. The van der Waals surface area contributed by atoms with Gasteiger partial charge >= 0.3 is 0 Å². The first-order valence-electron chi connectivity index (χ1n) is 5.20. The summed E-state index contributed by atoms with van der Waals surface area (Å²) in [4.78, 5) is 13.9. The Labute approximate surface area is 94.8 Å². The quantitative estimate of drug-likeness (QED) is 0.726. The summed E-state index contributed by atoms with van der Waals surface area (Å²) in [6, 6.07) is 5.15. The molecule has 0 spiro atoms. The maximum Gasteiger partial charge on any atom is 0.231 e. The van der Waals surface area contributed by atoms with Crippen LogP contribution in [0, 0.1) is 0 Å². The highest BCUT2D eigenvalue weighted by Gasteiger charge is 2.20. The van der Waals surface area contributed by atoms with Crippen molar-refractivity contribution in [3.05, 3.63) is 23.8 Å². The summed E-state index contributed by atoms with van der Waals surface area (Å²) in [7, 11) is 3.77. The Kier molecular flexibility index (Phi) is 2.83. The number of likely N-dealkylation sites (N-methyl/N-ethyl adjacent to an activating group) is 1. The number of carbonyl (C=O) groups is 1. The highest BCUT2D eigenvalue weighted by atomic mass is 16.7. The molecule has 0 amide bonds. The predicted molar refractivity (Wildman–Crippen MR) is 60.0 cm³/mol. The molecular formula is C12H15NO3. The first kappa shape index (κ1) is 11.0. The van der Waals surface area contributed by atoms with Gasteiger partial charge in [-0.3, -0.25) is 9.69 Å². The van der Waals surface area contributed by atoms with E-state index in [2.05, 4.69) is 0 Å². The fourth-order valence-corrected chi connectivity index (χ4v) is 1.53. The molecule has 86 valence electrons. The molecule has 4 nitrogen and oxygen atoms in total.